The fourth-order valence-corrected chi connectivity index (χ4v) is 3.56. The van der Waals surface area contributed by atoms with E-state index >= 15 is 0 Å². The Bertz CT molecular complexity index is 156. The molecule has 0 spiro atoms. The monoisotopic (exact) mass is 187 g/mol. The predicted molar refractivity (Wildman–Crippen MR) is 54.1 cm³/mol. The van der Waals surface area contributed by atoms with Gasteiger partial charge in [-0.2, -0.15) is 0 Å². The molecule has 0 saturated heterocycles. The predicted octanol–water partition coefficient (Wildman–Crippen LogP) is 3.47. The van der Waals surface area contributed by atoms with Crippen molar-refractivity contribution in [2.45, 2.75) is 45.7 Å². The van der Waals surface area contributed by atoms with Crippen LogP contribution in [-0.4, -0.2) is 5.66 Å². The number of rotatable bonds is 2. The Kier molecular flexibility index (Phi) is 3.71. The van der Waals surface area contributed by atoms with Crippen molar-refractivity contribution in [2.75, 3.05) is 0 Å². The molecule has 1 saturated carbocycles. The third-order valence-electron chi connectivity index (χ3n) is 3.17. The van der Waals surface area contributed by atoms with Crippen LogP contribution in [0.3, 0.4) is 0 Å². The Morgan fingerprint density at radius 1 is 1.33 bits per heavy atom. The molecule has 0 aromatic heterocycles. The minimum atomic E-state index is -0.0840. The van der Waals surface area contributed by atoms with Crippen LogP contribution in [0, 0.1) is 17.8 Å². The molecule has 1 rings (SSSR count). The van der Waals surface area contributed by atoms with Gasteiger partial charge in [-0.1, -0.05) is 31.8 Å². The summed E-state index contributed by atoms with van der Waals surface area (Å²) >= 11 is 0. The molecule has 2 heteroatoms. The van der Waals surface area contributed by atoms with Crippen molar-refractivity contribution in [1.82, 2.24) is 0 Å². The zero-order valence-electron chi connectivity index (χ0n) is 8.34. The zero-order chi connectivity index (χ0) is 9.14. The quantitative estimate of drug-likeness (QED) is 0.605. The molecule has 1 aliphatic carbocycles. The standard InChI is InChI=1S/C10H19OP/c1-7(2)9-5-4-8(3)6-10(9)12-11/h7-10H,4-6H2,1-3H3/p+1/t8-,9+,10-/m1/s1. The maximum atomic E-state index is 11.0. The molecular formula is C10H20OP+. The van der Waals surface area contributed by atoms with E-state index in [1.807, 2.05) is 0 Å². The van der Waals surface area contributed by atoms with Gasteiger partial charge in [0.2, 0.25) is 0 Å². The summed E-state index contributed by atoms with van der Waals surface area (Å²) in [4.78, 5) is 0. The van der Waals surface area contributed by atoms with E-state index in [4.69, 9.17) is 0 Å². The lowest BCUT2D eigenvalue weighted by Crippen LogP contribution is -2.28. The fraction of sp³-hybridized carbons (Fsp3) is 1.00. The van der Waals surface area contributed by atoms with Crippen LogP contribution in [0.4, 0.5) is 0 Å². The van der Waals surface area contributed by atoms with Gasteiger partial charge in [0, 0.05) is 5.92 Å². The highest BCUT2D eigenvalue weighted by Gasteiger charge is 2.35. The van der Waals surface area contributed by atoms with E-state index in [-0.39, 0.29) is 8.46 Å². The average Bonchev–Trinajstić information content (AvgIpc) is 2.03. The third-order valence-corrected chi connectivity index (χ3v) is 4.14. The van der Waals surface area contributed by atoms with E-state index in [0.717, 1.165) is 11.8 Å². The van der Waals surface area contributed by atoms with Gasteiger partial charge < -0.3 is 0 Å². The first-order chi connectivity index (χ1) is 5.65. The van der Waals surface area contributed by atoms with Crippen molar-refractivity contribution in [1.29, 1.82) is 0 Å². The van der Waals surface area contributed by atoms with Gasteiger partial charge in [-0.25, -0.2) is 0 Å². The normalized spacial score (nSPS) is 37.5. The molecule has 1 nitrogen and oxygen atoms in total. The lowest BCUT2D eigenvalue weighted by Gasteiger charge is -2.29. The highest BCUT2D eigenvalue weighted by atomic mass is 31.1. The second-order valence-corrected chi connectivity index (χ2v) is 5.53. The van der Waals surface area contributed by atoms with Gasteiger partial charge in [0.05, 0.1) is 0 Å². The smallest absolute Gasteiger partial charge is 0.0771 e. The summed E-state index contributed by atoms with van der Waals surface area (Å²) in [7, 11) is -0.0840. The summed E-state index contributed by atoms with van der Waals surface area (Å²) < 4.78 is 11.0. The van der Waals surface area contributed by atoms with Gasteiger partial charge in [-0.3, -0.25) is 0 Å². The first-order valence-corrected chi connectivity index (χ1v) is 6.01. The molecule has 0 aliphatic heterocycles. The van der Waals surface area contributed by atoms with E-state index in [2.05, 4.69) is 20.8 Å². The Hall–Kier alpha value is 0.100. The molecule has 70 valence electrons. The first kappa shape index (κ1) is 10.2. The first-order valence-electron chi connectivity index (χ1n) is 5.02. The van der Waals surface area contributed by atoms with Gasteiger partial charge in [0.15, 0.2) is 5.66 Å². The maximum Gasteiger partial charge on any atom is 0.328 e. The lowest BCUT2D eigenvalue weighted by atomic mass is 9.77. The molecule has 0 aromatic carbocycles. The van der Waals surface area contributed by atoms with Crippen LogP contribution in [0.5, 0.6) is 0 Å². The van der Waals surface area contributed by atoms with Crippen molar-refractivity contribution in [3.05, 3.63) is 0 Å². The topological polar surface area (TPSA) is 17.1 Å². The second-order valence-electron chi connectivity index (χ2n) is 4.55. The van der Waals surface area contributed by atoms with Crippen LogP contribution in [0.2, 0.25) is 0 Å². The molecule has 12 heavy (non-hydrogen) atoms. The molecule has 0 heterocycles. The number of hydrogen-bond acceptors (Lipinski definition) is 1. The molecule has 0 radical (unpaired) electrons. The fourth-order valence-electron chi connectivity index (χ4n) is 2.34. The molecule has 1 fully saturated rings. The highest BCUT2D eigenvalue weighted by Crippen LogP contribution is 2.39. The van der Waals surface area contributed by atoms with Crippen molar-refractivity contribution in [3.63, 3.8) is 0 Å². The SMILES string of the molecule is CC(C)[C@@H]1CC[C@@H](C)C[C@H]1[PH+]=O. The maximum absolute atomic E-state index is 11.0. The van der Waals surface area contributed by atoms with Crippen LogP contribution in [0.25, 0.3) is 0 Å². The van der Waals surface area contributed by atoms with Crippen LogP contribution in [-0.2, 0) is 4.57 Å². The van der Waals surface area contributed by atoms with E-state index in [0.29, 0.717) is 11.6 Å². The van der Waals surface area contributed by atoms with E-state index in [1.165, 1.54) is 19.3 Å². The Morgan fingerprint density at radius 3 is 2.50 bits per heavy atom. The van der Waals surface area contributed by atoms with Gasteiger partial charge in [-0.15, -0.1) is 0 Å². The van der Waals surface area contributed by atoms with Crippen molar-refractivity contribution >= 4 is 8.46 Å². The molecule has 0 bridgehead atoms. The molecular weight excluding hydrogens is 167 g/mol. The lowest BCUT2D eigenvalue weighted by molar-refractivity contribution is 0.240. The molecule has 1 aliphatic rings. The number of hydrogen-bond donors (Lipinski definition) is 0. The largest absolute Gasteiger partial charge is 0.328 e. The van der Waals surface area contributed by atoms with Crippen LogP contribution >= 0.6 is 8.46 Å². The van der Waals surface area contributed by atoms with Gasteiger partial charge in [0.25, 0.3) is 0 Å². The summed E-state index contributed by atoms with van der Waals surface area (Å²) in [5.74, 6) is 2.23. The van der Waals surface area contributed by atoms with Crippen molar-refractivity contribution in [2.24, 2.45) is 17.8 Å². The van der Waals surface area contributed by atoms with Gasteiger partial charge >= 0.3 is 8.46 Å². The van der Waals surface area contributed by atoms with E-state index in [1.54, 1.807) is 0 Å². The summed E-state index contributed by atoms with van der Waals surface area (Å²) in [5.41, 5.74) is 0.494. The zero-order valence-corrected chi connectivity index (χ0v) is 9.34. The Labute approximate surface area is 77.1 Å². The Balaban J connectivity index is 2.56. The molecule has 1 unspecified atom stereocenters. The van der Waals surface area contributed by atoms with Crippen LogP contribution in [0.1, 0.15) is 40.0 Å². The van der Waals surface area contributed by atoms with Crippen LogP contribution in [0.15, 0.2) is 0 Å². The summed E-state index contributed by atoms with van der Waals surface area (Å²) in [6.07, 6.45) is 3.81. The van der Waals surface area contributed by atoms with Crippen molar-refractivity contribution in [3.8, 4) is 0 Å². The minimum absolute atomic E-state index is 0.0840. The summed E-state index contributed by atoms with van der Waals surface area (Å²) in [6.45, 7) is 6.80. The summed E-state index contributed by atoms with van der Waals surface area (Å²) in [6, 6.07) is 0. The summed E-state index contributed by atoms with van der Waals surface area (Å²) in [5, 5.41) is 0. The van der Waals surface area contributed by atoms with Crippen LogP contribution < -0.4 is 0 Å². The second kappa shape index (κ2) is 4.37. The molecule has 0 N–H and O–H groups in total. The molecule has 4 atom stereocenters. The highest BCUT2D eigenvalue weighted by molar-refractivity contribution is 7.24. The van der Waals surface area contributed by atoms with Crippen molar-refractivity contribution < 1.29 is 4.57 Å². The minimum Gasteiger partial charge on any atom is -0.0771 e. The molecule has 0 aromatic rings. The molecule has 0 amide bonds. The third kappa shape index (κ3) is 2.29. The average molecular weight is 187 g/mol. The van der Waals surface area contributed by atoms with Gasteiger partial charge in [0.1, 0.15) is 0 Å². The van der Waals surface area contributed by atoms with E-state index < -0.39 is 0 Å². The van der Waals surface area contributed by atoms with Gasteiger partial charge in [-0.05, 0) is 24.7 Å². The Morgan fingerprint density at radius 2 is 2.00 bits per heavy atom. The van der Waals surface area contributed by atoms with E-state index in [9.17, 15) is 4.57 Å².